The van der Waals surface area contributed by atoms with Gasteiger partial charge in [0.05, 0.1) is 4.92 Å². The van der Waals surface area contributed by atoms with Crippen LogP contribution in [-0.4, -0.2) is 16.0 Å². The molecule has 1 aromatic heterocycles. The van der Waals surface area contributed by atoms with Crippen molar-refractivity contribution in [1.82, 2.24) is 0 Å². The fourth-order valence-corrected chi connectivity index (χ4v) is 1.82. The van der Waals surface area contributed by atoms with Crippen molar-refractivity contribution >= 4 is 11.7 Å². The van der Waals surface area contributed by atoms with Gasteiger partial charge >= 0.3 is 5.97 Å². The Kier molecular flexibility index (Phi) is 3.33. The smallest absolute Gasteiger partial charge is 0.371 e. The Morgan fingerprint density at radius 3 is 2.63 bits per heavy atom. The summed E-state index contributed by atoms with van der Waals surface area (Å²) >= 11 is 0. The molecule has 0 saturated heterocycles. The fourth-order valence-electron chi connectivity index (χ4n) is 1.82. The molecule has 0 radical (unpaired) electrons. The molecule has 0 bridgehead atoms. The lowest BCUT2D eigenvalue weighted by Crippen LogP contribution is -1.93. The molecule has 0 aliphatic carbocycles. The number of carboxylic acid groups (broad SMARTS) is 1. The molecule has 0 spiro atoms. The third-order valence-electron chi connectivity index (χ3n) is 2.76. The van der Waals surface area contributed by atoms with Gasteiger partial charge in [-0.2, -0.15) is 0 Å². The number of rotatable bonds is 4. The Morgan fingerprint density at radius 2 is 2.11 bits per heavy atom. The topological polar surface area (TPSA) is 93.6 Å². The van der Waals surface area contributed by atoms with Gasteiger partial charge in [0.25, 0.3) is 5.69 Å². The summed E-state index contributed by atoms with van der Waals surface area (Å²) in [5.74, 6) is -0.911. The number of hydrogen-bond acceptors (Lipinski definition) is 4. The predicted molar refractivity (Wildman–Crippen MR) is 67.1 cm³/mol. The van der Waals surface area contributed by atoms with Crippen molar-refractivity contribution in [3.63, 3.8) is 0 Å². The lowest BCUT2D eigenvalue weighted by Gasteiger charge is -2.04. The Hall–Kier alpha value is -2.63. The number of carbonyl (C=O) groups is 1. The van der Waals surface area contributed by atoms with Crippen LogP contribution < -0.4 is 0 Å². The monoisotopic (exact) mass is 261 g/mol. The van der Waals surface area contributed by atoms with E-state index in [9.17, 15) is 14.9 Å². The standard InChI is InChI=1S/C13H11NO5/c1-2-8-7-9(14(17)18)3-4-10(8)11-5-6-12(19-11)13(15)16/h3-7H,2H2,1H3,(H,15,16). The first-order valence-electron chi connectivity index (χ1n) is 5.63. The van der Waals surface area contributed by atoms with E-state index in [1.54, 1.807) is 12.1 Å². The van der Waals surface area contributed by atoms with Gasteiger partial charge in [-0.25, -0.2) is 4.79 Å². The summed E-state index contributed by atoms with van der Waals surface area (Å²) in [5, 5.41) is 19.5. The first-order chi connectivity index (χ1) is 9.02. The number of nitrogens with zero attached hydrogens (tertiary/aromatic N) is 1. The van der Waals surface area contributed by atoms with Crippen LogP contribution in [0, 0.1) is 10.1 Å². The van der Waals surface area contributed by atoms with Gasteiger partial charge < -0.3 is 9.52 Å². The van der Waals surface area contributed by atoms with Crippen LogP contribution in [0.25, 0.3) is 11.3 Å². The highest BCUT2D eigenvalue weighted by Gasteiger charge is 2.15. The van der Waals surface area contributed by atoms with Gasteiger partial charge in [-0.15, -0.1) is 0 Å². The zero-order valence-electron chi connectivity index (χ0n) is 10.1. The SMILES string of the molecule is CCc1cc([N+](=O)[O-])ccc1-c1ccc(C(=O)O)o1. The van der Waals surface area contributed by atoms with Crippen molar-refractivity contribution in [3.8, 4) is 11.3 Å². The van der Waals surface area contributed by atoms with Gasteiger partial charge in [0, 0.05) is 17.7 Å². The second-order valence-corrected chi connectivity index (χ2v) is 3.92. The minimum absolute atomic E-state index is 0.00520. The van der Waals surface area contributed by atoms with Crippen LogP contribution in [0.4, 0.5) is 5.69 Å². The van der Waals surface area contributed by atoms with Crippen molar-refractivity contribution in [3.05, 3.63) is 51.8 Å². The Balaban J connectivity index is 2.48. The van der Waals surface area contributed by atoms with Crippen LogP contribution in [-0.2, 0) is 6.42 Å². The van der Waals surface area contributed by atoms with Crippen LogP contribution in [0.15, 0.2) is 34.7 Å². The first kappa shape index (κ1) is 12.8. The summed E-state index contributed by atoms with van der Waals surface area (Å²) in [6.07, 6.45) is 0.583. The number of carboxylic acids is 1. The molecule has 6 heteroatoms. The molecule has 0 unspecified atom stereocenters. The van der Waals surface area contributed by atoms with Gasteiger partial charge in [0.15, 0.2) is 0 Å². The first-order valence-corrected chi connectivity index (χ1v) is 5.63. The van der Waals surface area contributed by atoms with Crippen LogP contribution in [0.3, 0.4) is 0 Å². The highest BCUT2D eigenvalue weighted by atomic mass is 16.6. The third kappa shape index (κ3) is 2.47. The molecule has 1 N–H and O–H groups in total. The third-order valence-corrected chi connectivity index (χ3v) is 2.76. The number of nitro groups is 1. The van der Waals surface area contributed by atoms with Crippen LogP contribution in [0.2, 0.25) is 0 Å². The average molecular weight is 261 g/mol. The van der Waals surface area contributed by atoms with E-state index in [0.29, 0.717) is 17.7 Å². The summed E-state index contributed by atoms with van der Waals surface area (Å²) in [7, 11) is 0. The summed E-state index contributed by atoms with van der Waals surface area (Å²) in [6.45, 7) is 1.86. The molecular weight excluding hydrogens is 250 g/mol. The number of aromatic carboxylic acids is 1. The zero-order chi connectivity index (χ0) is 14.0. The maximum absolute atomic E-state index is 10.8. The van der Waals surface area contributed by atoms with Crippen molar-refractivity contribution in [1.29, 1.82) is 0 Å². The van der Waals surface area contributed by atoms with E-state index in [1.807, 2.05) is 6.92 Å². The second kappa shape index (κ2) is 4.93. The molecule has 0 aliphatic rings. The van der Waals surface area contributed by atoms with Gasteiger partial charge in [-0.3, -0.25) is 10.1 Å². The molecule has 0 saturated carbocycles. The van der Waals surface area contributed by atoms with Gasteiger partial charge in [0.2, 0.25) is 5.76 Å². The lowest BCUT2D eigenvalue weighted by atomic mass is 10.0. The molecule has 0 atom stereocenters. The van der Waals surface area contributed by atoms with E-state index in [4.69, 9.17) is 9.52 Å². The highest BCUT2D eigenvalue weighted by Crippen LogP contribution is 2.29. The summed E-state index contributed by atoms with van der Waals surface area (Å²) in [6, 6.07) is 7.32. The van der Waals surface area contributed by atoms with Crippen molar-refractivity contribution in [2.75, 3.05) is 0 Å². The molecule has 1 aromatic carbocycles. The lowest BCUT2D eigenvalue weighted by molar-refractivity contribution is -0.384. The average Bonchev–Trinajstić information content (AvgIpc) is 2.87. The summed E-state index contributed by atoms with van der Waals surface area (Å²) in [5.41, 5.74) is 1.41. The molecular formula is C13H11NO5. The minimum Gasteiger partial charge on any atom is -0.475 e. The molecule has 98 valence electrons. The Bertz CT molecular complexity index is 644. The van der Waals surface area contributed by atoms with E-state index < -0.39 is 10.9 Å². The van der Waals surface area contributed by atoms with Crippen molar-refractivity contribution in [2.45, 2.75) is 13.3 Å². The minimum atomic E-state index is -1.15. The van der Waals surface area contributed by atoms with Crippen molar-refractivity contribution in [2.24, 2.45) is 0 Å². The van der Waals surface area contributed by atoms with Gasteiger partial charge in [-0.05, 0) is 30.2 Å². The molecule has 0 aliphatic heterocycles. The summed E-state index contributed by atoms with van der Waals surface area (Å²) in [4.78, 5) is 21.0. The van der Waals surface area contributed by atoms with Gasteiger partial charge in [0.1, 0.15) is 5.76 Å². The summed E-state index contributed by atoms with van der Waals surface area (Å²) < 4.78 is 5.20. The van der Waals surface area contributed by atoms with E-state index in [2.05, 4.69) is 0 Å². The maximum Gasteiger partial charge on any atom is 0.371 e. The van der Waals surface area contributed by atoms with E-state index >= 15 is 0 Å². The van der Waals surface area contributed by atoms with E-state index in [0.717, 1.165) is 5.56 Å². The van der Waals surface area contributed by atoms with Crippen LogP contribution >= 0.6 is 0 Å². The molecule has 6 nitrogen and oxygen atoms in total. The number of aryl methyl sites for hydroxylation is 1. The molecule has 1 heterocycles. The van der Waals surface area contributed by atoms with E-state index in [1.165, 1.54) is 18.2 Å². The number of non-ortho nitro benzene ring substituents is 1. The Morgan fingerprint density at radius 1 is 1.37 bits per heavy atom. The quantitative estimate of drug-likeness (QED) is 0.674. The number of nitro benzene ring substituents is 1. The fraction of sp³-hybridized carbons (Fsp3) is 0.154. The molecule has 19 heavy (non-hydrogen) atoms. The predicted octanol–water partition coefficient (Wildman–Crippen LogP) is 3.12. The molecule has 0 amide bonds. The van der Waals surface area contributed by atoms with Crippen LogP contribution in [0.1, 0.15) is 23.0 Å². The molecule has 2 rings (SSSR count). The number of hydrogen-bond donors (Lipinski definition) is 1. The van der Waals surface area contributed by atoms with E-state index in [-0.39, 0.29) is 11.4 Å². The second-order valence-electron chi connectivity index (χ2n) is 3.92. The number of furan rings is 1. The van der Waals surface area contributed by atoms with Crippen LogP contribution in [0.5, 0.6) is 0 Å². The zero-order valence-corrected chi connectivity index (χ0v) is 10.1. The largest absolute Gasteiger partial charge is 0.475 e. The normalized spacial score (nSPS) is 10.4. The Labute approximate surface area is 108 Å². The number of benzene rings is 1. The molecule has 2 aromatic rings. The van der Waals surface area contributed by atoms with Crippen molar-refractivity contribution < 1.29 is 19.2 Å². The highest BCUT2D eigenvalue weighted by molar-refractivity contribution is 5.85. The molecule has 0 fully saturated rings. The van der Waals surface area contributed by atoms with Gasteiger partial charge in [-0.1, -0.05) is 6.92 Å². The maximum atomic E-state index is 10.8.